The topological polar surface area (TPSA) is 67.6 Å². The summed E-state index contributed by atoms with van der Waals surface area (Å²) in [6.07, 6.45) is 5.20. The lowest BCUT2D eigenvalue weighted by atomic mass is 10.2. The number of hydrogen-bond donors (Lipinski definition) is 2. The predicted octanol–water partition coefficient (Wildman–Crippen LogP) is 0.470. The van der Waals surface area contributed by atoms with E-state index in [1.807, 2.05) is 0 Å². The maximum atomic E-state index is 13.4. The van der Waals surface area contributed by atoms with Gasteiger partial charge >= 0.3 is 5.97 Å². The molecule has 5 nitrogen and oxygen atoms in total. The second kappa shape index (κ2) is 4.31. The molecule has 1 aliphatic heterocycles. The lowest BCUT2D eigenvalue weighted by Gasteiger charge is -2.28. The standard InChI is InChI=1S/C11H10FN3O2/c1-2-3-15-6-11(16)17-10-4-7(12)8(14-13)5-9(10)15/h1,4-5,14H,3,6,13H2. The van der Waals surface area contributed by atoms with E-state index in [1.54, 1.807) is 4.90 Å². The van der Waals surface area contributed by atoms with Crippen molar-refractivity contribution in [1.29, 1.82) is 0 Å². The first-order chi connectivity index (χ1) is 8.15. The minimum absolute atomic E-state index is 0.0346. The van der Waals surface area contributed by atoms with Crippen LogP contribution in [-0.2, 0) is 4.79 Å². The van der Waals surface area contributed by atoms with Crippen LogP contribution < -0.4 is 20.9 Å². The third-order valence-corrected chi connectivity index (χ3v) is 2.37. The number of fused-ring (bicyclic) bond motifs is 1. The maximum Gasteiger partial charge on any atom is 0.331 e. The highest BCUT2D eigenvalue weighted by Crippen LogP contribution is 2.35. The Morgan fingerprint density at radius 1 is 1.65 bits per heavy atom. The zero-order valence-electron chi connectivity index (χ0n) is 8.87. The van der Waals surface area contributed by atoms with E-state index in [-0.39, 0.29) is 24.5 Å². The molecule has 1 aliphatic rings. The highest BCUT2D eigenvalue weighted by Gasteiger charge is 2.25. The third kappa shape index (κ3) is 2.00. The summed E-state index contributed by atoms with van der Waals surface area (Å²) in [5.74, 6) is 6.68. The molecule has 0 bridgehead atoms. The molecule has 6 heteroatoms. The Morgan fingerprint density at radius 2 is 2.41 bits per heavy atom. The number of benzene rings is 1. The van der Waals surface area contributed by atoms with Crippen LogP contribution in [-0.4, -0.2) is 19.1 Å². The van der Waals surface area contributed by atoms with Gasteiger partial charge < -0.3 is 15.1 Å². The van der Waals surface area contributed by atoms with Crippen molar-refractivity contribution in [2.45, 2.75) is 0 Å². The number of carbonyl (C=O) groups is 1. The number of hydrazine groups is 1. The number of halogens is 1. The smallest absolute Gasteiger partial charge is 0.331 e. The lowest BCUT2D eigenvalue weighted by Crippen LogP contribution is -2.37. The largest absolute Gasteiger partial charge is 0.423 e. The summed E-state index contributed by atoms with van der Waals surface area (Å²) in [4.78, 5) is 12.9. The number of hydrogen-bond acceptors (Lipinski definition) is 5. The van der Waals surface area contributed by atoms with Gasteiger partial charge in [0.2, 0.25) is 0 Å². The van der Waals surface area contributed by atoms with Crippen molar-refractivity contribution < 1.29 is 13.9 Å². The molecule has 0 fully saturated rings. The van der Waals surface area contributed by atoms with Gasteiger partial charge in [0.1, 0.15) is 6.54 Å². The minimum Gasteiger partial charge on any atom is -0.423 e. The van der Waals surface area contributed by atoms with Gasteiger partial charge in [0, 0.05) is 6.07 Å². The Labute approximate surface area is 97.3 Å². The third-order valence-electron chi connectivity index (χ3n) is 2.37. The van der Waals surface area contributed by atoms with Crippen LogP contribution in [0.4, 0.5) is 15.8 Å². The number of nitrogen functional groups attached to an aromatic ring is 1. The fourth-order valence-corrected chi connectivity index (χ4v) is 1.63. The van der Waals surface area contributed by atoms with E-state index in [0.29, 0.717) is 5.69 Å². The zero-order chi connectivity index (χ0) is 12.4. The highest BCUT2D eigenvalue weighted by atomic mass is 19.1. The second-order valence-corrected chi connectivity index (χ2v) is 3.48. The Balaban J connectivity index is 2.49. The summed E-state index contributed by atoms with van der Waals surface area (Å²) in [7, 11) is 0. The molecule has 1 heterocycles. The Bertz CT molecular complexity index is 510. The van der Waals surface area contributed by atoms with E-state index < -0.39 is 11.8 Å². The number of nitrogens with zero attached hydrogens (tertiary/aromatic N) is 1. The van der Waals surface area contributed by atoms with E-state index in [1.165, 1.54) is 6.07 Å². The molecule has 0 saturated carbocycles. The van der Waals surface area contributed by atoms with Crippen molar-refractivity contribution >= 4 is 17.3 Å². The number of esters is 1. The van der Waals surface area contributed by atoms with Gasteiger partial charge in [0.15, 0.2) is 11.6 Å². The van der Waals surface area contributed by atoms with Gasteiger partial charge in [-0.15, -0.1) is 6.42 Å². The quantitative estimate of drug-likeness (QED) is 0.256. The normalized spacial score (nSPS) is 13.7. The summed E-state index contributed by atoms with van der Waals surface area (Å²) in [5, 5.41) is 0. The molecular formula is C11H10FN3O2. The van der Waals surface area contributed by atoms with Crippen LogP contribution in [0.25, 0.3) is 0 Å². The second-order valence-electron chi connectivity index (χ2n) is 3.48. The predicted molar refractivity (Wildman–Crippen MR) is 60.9 cm³/mol. The van der Waals surface area contributed by atoms with E-state index in [0.717, 1.165) is 6.07 Å². The van der Waals surface area contributed by atoms with Gasteiger partial charge in [-0.2, -0.15) is 0 Å². The van der Waals surface area contributed by atoms with Gasteiger partial charge in [0.05, 0.1) is 17.9 Å². The van der Waals surface area contributed by atoms with Gasteiger partial charge in [-0.25, -0.2) is 9.18 Å². The molecule has 17 heavy (non-hydrogen) atoms. The van der Waals surface area contributed by atoms with Crippen molar-refractivity contribution in [3.05, 3.63) is 17.9 Å². The van der Waals surface area contributed by atoms with Gasteiger partial charge in [-0.3, -0.25) is 5.84 Å². The van der Waals surface area contributed by atoms with Crippen LogP contribution in [0.15, 0.2) is 12.1 Å². The highest BCUT2D eigenvalue weighted by molar-refractivity contribution is 5.85. The molecule has 1 aromatic carbocycles. The Morgan fingerprint density at radius 3 is 3.06 bits per heavy atom. The first-order valence-electron chi connectivity index (χ1n) is 4.85. The maximum absolute atomic E-state index is 13.4. The van der Waals surface area contributed by atoms with Crippen molar-refractivity contribution in [3.63, 3.8) is 0 Å². The van der Waals surface area contributed by atoms with Crippen LogP contribution in [0, 0.1) is 18.2 Å². The average molecular weight is 235 g/mol. The number of anilines is 2. The van der Waals surface area contributed by atoms with Crippen LogP contribution in [0.2, 0.25) is 0 Å². The van der Waals surface area contributed by atoms with Crippen LogP contribution in [0.3, 0.4) is 0 Å². The number of carbonyl (C=O) groups excluding carboxylic acids is 1. The molecule has 0 unspecified atom stereocenters. The van der Waals surface area contributed by atoms with Crippen LogP contribution >= 0.6 is 0 Å². The molecule has 0 saturated heterocycles. The molecule has 0 aromatic heterocycles. The number of nitrogens with two attached hydrogens (primary N) is 1. The van der Waals surface area contributed by atoms with Crippen molar-refractivity contribution in [3.8, 4) is 18.1 Å². The number of terminal acetylenes is 1. The summed E-state index contributed by atoms with van der Waals surface area (Å²) in [6, 6.07) is 2.56. The first-order valence-corrected chi connectivity index (χ1v) is 4.85. The van der Waals surface area contributed by atoms with Gasteiger partial charge in [-0.05, 0) is 6.07 Å². The molecule has 1 aromatic rings. The monoisotopic (exact) mass is 235 g/mol. The molecule has 0 radical (unpaired) electrons. The zero-order valence-corrected chi connectivity index (χ0v) is 8.87. The molecule has 88 valence electrons. The van der Waals surface area contributed by atoms with E-state index in [2.05, 4.69) is 11.3 Å². The number of ether oxygens (including phenoxy) is 1. The average Bonchev–Trinajstić information content (AvgIpc) is 2.28. The minimum atomic E-state index is -0.596. The van der Waals surface area contributed by atoms with Crippen molar-refractivity contribution in [2.24, 2.45) is 5.84 Å². The summed E-state index contributed by atoms with van der Waals surface area (Å²) in [5.41, 5.74) is 2.88. The molecule has 2 rings (SSSR count). The summed E-state index contributed by atoms with van der Waals surface area (Å²) in [6.45, 7) is 0.268. The van der Waals surface area contributed by atoms with Crippen molar-refractivity contribution in [2.75, 3.05) is 23.4 Å². The fourth-order valence-electron chi connectivity index (χ4n) is 1.63. The van der Waals surface area contributed by atoms with Gasteiger partial charge in [0.25, 0.3) is 0 Å². The molecular weight excluding hydrogens is 225 g/mol. The summed E-state index contributed by atoms with van der Waals surface area (Å²) < 4.78 is 18.4. The Kier molecular flexibility index (Phi) is 2.85. The van der Waals surface area contributed by atoms with Gasteiger partial charge in [-0.1, -0.05) is 5.92 Å². The molecule has 3 N–H and O–H groups in total. The fraction of sp³-hybridized carbons (Fsp3) is 0.182. The number of rotatable bonds is 2. The summed E-state index contributed by atoms with van der Waals surface area (Å²) >= 11 is 0. The van der Waals surface area contributed by atoms with Crippen LogP contribution in [0.5, 0.6) is 5.75 Å². The molecule has 0 atom stereocenters. The lowest BCUT2D eigenvalue weighted by molar-refractivity contribution is -0.133. The van der Waals surface area contributed by atoms with Crippen molar-refractivity contribution in [1.82, 2.24) is 0 Å². The Hall–Kier alpha value is -2.26. The van der Waals surface area contributed by atoms with E-state index >= 15 is 0 Å². The SMILES string of the molecule is C#CCN1CC(=O)Oc2cc(F)c(NN)cc21. The first kappa shape index (κ1) is 11.2. The van der Waals surface area contributed by atoms with Crippen LogP contribution in [0.1, 0.15) is 0 Å². The molecule has 0 aliphatic carbocycles. The van der Waals surface area contributed by atoms with E-state index in [4.69, 9.17) is 17.0 Å². The molecule has 0 spiro atoms. The number of nitrogens with one attached hydrogen (secondary N) is 1. The molecule has 0 amide bonds. The van der Waals surface area contributed by atoms with E-state index in [9.17, 15) is 9.18 Å².